The van der Waals surface area contributed by atoms with Gasteiger partial charge >= 0.3 is 0 Å². The van der Waals surface area contributed by atoms with Gasteiger partial charge in [0.25, 0.3) is 0 Å². The molecule has 0 bridgehead atoms. The van der Waals surface area contributed by atoms with Crippen molar-refractivity contribution < 1.29 is 15.3 Å². The molecule has 0 aliphatic rings. The average molecular weight is 133 g/mol. The van der Waals surface area contributed by atoms with Crippen LogP contribution < -0.4 is 0 Å². The number of aliphatic hydroxyl groups excluding tert-OH is 2. The van der Waals surface area contributed by atoms with Crippen LogP contribution in [0.3, 0.4) is 0 Å². The smallest absolute Gasteiger partial charge is 0.0846 e. The minimum atomic E-state index is -0.505. The van der Waals surface area contributed by atoms with E-state index in [1.807, 2.05) is 0 Å². The Hall–Kier alpha value is -0.120. The summed E-state index contributed by atoms with van der Waals surface area (Å²) in [5.74, 6) is 0. The lowest BCUT2D eigenvalue weighted by atomic mass is 10.1. The molecule has 0 amide bonds. The molecule has 9 heavy (non-hydrogen) atoms. The maximum Gasteiger partial charge on any atom is 0.0846 e. The van der Waals surface area contributed by atoms with Gasteiger partial charge in [-0.15, -0.1) is 0 Å². The van der Waals surface area contributed by atoms with Crippen LogP contribution in [0.25, 0.3) is 0 Å². The molecule has 0 aromatic carbocycles. The number of rotatable bonds is 5. The first kappa shape index (κ1) is 8.88. The Labute approximate surface area is 54.9 Å². The minimum absolute atomic E-state index is 0.0932. The molecule has 0 aromatic rings. The zero-order chi connectivity index (χ0) is 7.11. The monoisotopic (exact) mass is 133 g/mol. The van der Waals surface area contributed by atoms with E-state index in [-0.39, 0.29) is 13.2 Å². The summed E-state index contributed by atoms with van der Waals surface area (Å²) in [5.41, 5.74) is 0. The molecule has 0 saturated carbocycles. The van der Waals surface area contributed by atoms with Crippen molar-refractivity contribution in [2.75, 3.05) is 13.2 Å². The van der Waals surface area contributed by atoms with Gasteiger partial charge < -0.3 is 10.2 Å². The third kappa shape index (κ3) is 5.76. The Morgan fingerprint density at radius 2 is 2.00 bits per heavy atom. The first-order valence-corrected chi connectivity index (χ1v) is 3.18. The summed E-state index contributed by atoms with van der Waals surface area (Å²) < 4.78 is 0. The minimum Gasteiger partial charge on any atom is -0.396 e. The lowest BCUT2D eigenvalue weighted by Crippen LogP contribution is -2.08. The van der Waals surface area contributed by atoms with Gasteiger partial charge in [0.2, 0.25) is 0 Å². The zero-order valence-corrected chi connectivity index (χ0v) is 5.42. The SMILES string of the molecule is [O]CCC(O)CCCO. The van der Waals surface area contributed by atoms with E-state index in [1.165, 1.54) is 0 Å². The lowest BCUT2D eigenvalue weighted by Gasteiger charge is -2.04. The van der Waals surface area contributed by atoms with Crippen LogP contribution in [0.1, 0.15) is 19.3 Å². The summed E-state index contributed by atoms with van der Waals surface area (Å²) in [7, 11) is 0. The van der Waals surface area contributed by atoms with Crippen molar-refractivity contribution in [3.8, 4) is 0 Å². The molecule has 55 valence electrons. The topological polar surface area (TPSA) is 60.4 Å². The van der Waals surface area contributed by atoms with Crippen molar-refractivity contribution >= 4 is 0 Å². The fraction of sp³-hybridized carbons (Fsp3) is 1.00. The molecule has 0 spiro atoms. The van der Waals surface area contributed by atoms with Crippen molar-refractivity contribution in [1.29, 1.82) is 0 Å². The van der Waals surface area contributed by atoms with Gasteiger partial charge in [0.05, 0.1) is 12.7 Å². The Bertz CT molecular complexity index is 56.3. The first-order valence-electron chi connectivity index (χ1n) is 3.18. The normalized spacial score (nSPS) is 13.7. The summed E-state index contributed by atoms with van der Waals surface area (Å²) in [4.78, 5) is 0. The zero-order valence-electron chi connectivity index (χ0n) is 5.42. The van der Waals surface area contributed by atoms with E-state index in [0.29, 0.717) is 19.3 Å². The number of aliphatic hydroxyl groups is 2. The van der Waals surface area contributed by atoms with E-state index in [9.17, 15) is 5.11 Å². The second kappa shape index (κ2) is 6.01. The van der Waals surface area contributed by atoms with Gasteiger partial charge in [-0.05, 0) is 19.3 Å². The largest absolute Gasteiger partial charge is 0.396 e. The van der Waals surface area contributed by atoms with E-state index in [2.05, 4.69) is 0 Å². The van der Waals surface area contributed by atoms with Gasteiger partial charge in [-0.3, -0.25) is 0 Å². The van der Waals surface area contributed by atoms with Crippen molar-refractivity contribution in [1.82, 2.24) is 0 Å². The highest BCUT2D eigenvalue weighted by molar-refractivity contribution is 4.53. The maximum atomic E-state index is 9.88. The standard InChI is InChI=1S/C6H13O3/c7-4-1-2-6(9)3-5-8/h6-7,9H,1-5H2. The van der Waals surface area contributed by atoms with Crippen LogP contribution in [-0.2, 0) is 5.11 Å². The molecule has 0 aromatic heterocycles. The summed E-state index contributed by atoms with van der Waals surface area (Å²) >= 11 is 0. The number of hydrogen-bond donors (Lipinski definition) is 2. The highest BCUT2D eigenvalue weighted by atomic mass is 16.3. The second-order valence-corrected chi connectivity index (χ2v) is 2.01. The molecule has 1 unspecified atom stereocenters. The summed E-state index contributed by atoms with van der Waals surface area (Å²) in [6.45, 7) is -0.136. The number of hydrogen-bond acceptors (Lipinski definition) is 2. The summed E-state index contributed by atoms with van der Waals surface area (Å²) in [5, 5.41) is 27.0. The molecule has 0 heterocycles. The van der Waals surface area contributed by atoms with Crippen LogP contribution in [0.2, 0.25) is 0 Å². The van der Waals surface area contributed by atoms with E-state index < -0.39 is 6.10 Å². The van der Waals surface area contributed by atoms with Gasteiger partial charge in [0.15, 0.2) is 0 Å². The van der Waals surface area contributed by atoms with Crippen LogP contribution in [-0.4, -0.2) is 29.5 Å². The van der Waals surface area contributed by atoms with Crippen LogP contribution in [0.4, 0.5) is 0 Å². The molecule has 3 nitrogen and oxygen atoms in total. The summed E-state index contributed by atoms with van der Waals surface area (Å²) in [6.07, 6.45) is 0.926. The Morgan fingerprint density at radius 1 is 1.33 bits per heavy atom. The predicted molar refractivity (Wildman–Crippen MR) is 32.5 cm³/mol. The van der Waals surface area contributed by atoms with E-state index >= 15 is 0 Å². The van der Waals surface area contributed by atoms with Gasteiger partial charge in [-0.25, -0.2) is 5.11 Å². The molecule has 0 fully saturated rings. The molecular weight excluding hydrogens is 120 g/mol. The summed E-state index contributed by atoms with van der Waals surface area (Å²) in [6, 6.07) is 0. The third-order valence-corrected chi connectivity index (χ3v) is 1.15. The molecule has 2 N–H and O–H groups in total. The Balaban J connectivity index is 2.95. The van der Waals surface area contributed by atoms with E-state index in [1.54, 1.807) is 0 Å². The third-order valence-electron chi connectivity index (χ3n) is 1.15. The Morgan fingerprint density at radius 3 is 2.44 bits per heavy atom. The molecule has 0 aliphatic heterocycles. The van der Waals surface area contributed by atoms with Crippen LogP contribution in [0.5, 0.6) is 0 Å². The van der Waals surface area contributed by atoms with Crippen molar-refractivity contribution in [2.45, 2.75) is 25.4 Å². The highest BCUT2D eigenvalue weighted by Crippen LogP contribution is 1.99. The fourth-order valence-electron chi connectivity index (χ4n) is 0.607. The quantitative estimate of drug-likeness (QED) is 0.552. The molecule has 3 heteroatoms. The fourth-order valence-corrected chi connectivity index (χ4v) is 0.607. The highest BCUT2D eigenvalue weighted by Gasteiger charge is 2.00. The molecule has 0 aliphatic carbocycles. The van der Waals surface area contributed by atoms with Crippen molar-refractivity contribution in [2.24, 2.45) is 0 Å². The van der Waals surface area contributed by atoms with Gasteiger partial charge in [-0.2, -0.15) is 0 Å². The lowest BCUT2D eigenvalue weighted by molar-refractivity contribution is 0.0925. The first-order chi connectivity index (χ1) is 4.31. The molecule has 1 atom stereocenters. The van der Waals surface area contributed by atoms with Crippen LogP contribution in [0.15, 0.2) is 0 Å². The molecular formula is C6H13O3. The maximum absolute atomic E-state index is 9.88. The van der Waals surface area contributed by atoms with Crippen LogP contribution in [0, 0.1) is 0 Å². The van der Waals surface area contributed by atoms with E-state index in [4.69, 9.17) is 10.2 Å². The molecule has 0 saturated heterocycles. The van der Waals surface area contributed by atoms with Crippen LogP contribution >= 0.6 is 0 Å². The Kier molecular flexibility index (Phi) is 5.93. The predicted octanol–water partition coefficient (Wildman–Crippen LogP) is -0.0596. The molecule has 0 rings (SSSR count). The van der Waals surface area contributed by atoms with Gasteiger partial charge in [0.1, 0.15) is 0 Å². The average Bonchev–Trinajstić information content (AvgIpc) is 1.85. The van der Waals surface area contributed by atoms with Gasteiger partial charge in [-0.1, -0.05) is 0 Å². The van der Waals surface area contributed by atoms with Crippen molar-refractivity contribution in [3.63, 3.8) is 0 Å². The van der Waals surface area contributed by atoms with Gasteiger partial charge in [0, 0.05) is 6.61 Å². The second-order valence-electron chi connectivity index (χ2n) is 2.01. The van der Waals surface area contributed by atoms with Crippen molar-refractivity contribution in [3.05, 3.63) is 0 Å². The molecule has 1 radical (unpaired) electrons. The van der Waals surface area contributed by atoms with E-state index in [0.717, 1.165) is 0 Å².